The molecule has 0 fully saturated rings. The van der Waals surface area contributed by atoms with Gasteiger partial charge in [0, 0.05) is 20.2 Å². The lowest BCUT2D eigenvalue weighted by Gasteiger charge is -2.14. The van der Waals surface area contributed by atoms with Crippen LogP contribution in [-0.4, -0.2) is 36.5 Å². The molecular formula is C11H22N4O3S. The third kappa shape index (κ3) is 3.68. The summed E-state index contributed by atoms with van der Waals surface area (Å²) in [6, 6.07) is 0. The van der Waals surface area contributed by atoms with Crippen LogP contribution >= 0.6 is 0 Å². The van der Waals surface area contributed by atoms with E-state index in [1.54, 1.807) is 14.0 Å². The molecule has 0 bridgehead atoms. The van der Waals surface area contributed by atoms with E-state index in [-0.39, 0.29) is 29.8 Å². The molecule has 0 aromatic carbocycles. The topological polar surface area (TPSA) is 110 Å². The number of aromatic nitrogens is 2. The minimum Gasteiger partial charge on any atom is -0.396 e. The predicted octanol–water partition coefficient (Wildman–Crippen LogP) is -0.00238. The number of nitrogens with zero attached hydrogens (tertiary/aromatic N) is 2. The zero-order chi connectivity index (χ0) is 14.6. The first-order chi connectivity index (χ1) is 8.83. The number of anilines is 1. The molecule has 0 aliphatic carbocycles. The largest absolute Gasteiger partial charge is 0.396 e. The highest BCUT2D eigenvalue weighted by atomic mass is 32.2. The van der Waals surface area contributed by atoms with Crippen molar-refractivity contribution in [1.82, 2.24) is 14.5 Å². The van der Waals surface area contributed by atoms with E-state index in [1.807, 2.05) is 6.92 Å². The highest BCUT2D eigenvalue weighted by Crippen LogP contribution is 2.21. The van der Waals surface area contributed by atoms with Crippen LogP contribution in [-0.2, 0) is 17.1 Å². The number of rotatable bonds is 7. The van der Waals surface area contributed by atoms with E-state index in [2.05, 4.69) is 9.82 Å². The van der Waals surface area contributed by atoms with Crippen LogP contribution in [0.3, 0.4) is 0 Å². The summed E-state index contributed by atoms with van der Waals surface area (Å²) < 4.78 is 28.4. The molecule has 110 valence electrons. The van der Waals surface area contributed by atoms with Crippen LogP contribution in [0.4, 0.5) is 5.82 Å². The van der Waals surface area contributed by atoms with Gasteiger partial charge in [-0.1, -0.05) is 13.3 Å². The van der Waals surface area contributed by atoms with Gasteiger partial charge in [-0.15, -0.1) is 0 Å². The molecule has 8 heteroatoms. The molecule has 1 heterocycles. The lowest BCUT2D eigenvalue weighted by atomic mass is 10.0. The van der Waals surface area contributed by atoms with Crippen LogP contribution in [0.2, 0.25) is 0 Å². The maximum Gasteiger partial charge on any atom is 0.246 e. The molecule has 0 radical (unpaired) electrons. The second-order valence-corrected chi connectivity index (χ2v) is 6.27. The highest BCUT2D eigenvalue weighted by molar-refractivity contribution is 7.89. The maximum atomic E-state index is 12.2. The Kier molecular flexibility index (Phi) is 5.33. The van der Waals surface area contributed by atoms with Gasteiger partial charge < -0.3 is 10.8 Å². The number of nitrogens with two attached hydrogens (primary N) is 1. The Hall–Kier alpha value is -1.12. The lowest BCUT2D eigenvalue weighted by molar-refractivity contribution is 0.254. The second kappa shape index (κ2) is 6.36. The SMILES string of the molecule is CCC(CCO)CNS(=O)(=O)c1c(N)nn(C)c1C. The van der Waals surface area contributed by atoms with Crippen molar-refractivity contribution in [2.24, 2.45) is 13.0 Å². The number of aliphatic hydroxyl groups excluding tert-OH is 1. The van der Waals surface area contributed by atoms with Crippen molar-refractivity contribution in [2.45, 2.75) is 31.6 Å². The fraction of sp³-hybridized carbons (Fsp3) is 0.727. The first-order valence-corrected chi connectivity index (χ1v) is 7.71. The first-order valence-electron chi connectivity index (χ1n) is 6.23. The van der Waals surface area contributed by atoms with Gasteiger partial charge in [-0.25, -0.2) is 13.1 Å². The number of hydrogen-bond donors (Lipinski definition) is 3. The van der Waals surface area contributed by atoms with Crippen molar-refractivity contribution >= 4 is 15.8 Å². The molecular weight excluding hydrogens is 268 g/mol. The van der Waals surface area contributed by atoms with Crippen molar-refractivity contribution in [3.05, 3.63) is 5.69 Å². The van der Waals surface area contributed by atoms with E-state index in [4.69, 9.17) is 10.8 Å². The minimum absolute atomic E-state index is 0.00251. The van der Waals surface area contributed by atoms with Crippen molar-refractivity contribution in [3.8, 4) is 0 Å². The summed E-state index contributed by atoms with van der Waals surface area (Å²) >= 11 is 0. The number of hydrogen-bond acceptors (Lipinski definition) is 5. The Bertz CT molecular complexity index is 524. The Labute approximate surface area is 113 Å². The van der Waals surface area contributed by atoms with Gasteiger partial charge in [-0.2, -0.15) is 5.10 Å². The van der Waals surface area contributed by atoms with Gasteiger partial charge >= 0.3 is 0 Å². The van der Waals surface area contributed by atoms with Crippen LogP contribution in [0.15, 0.2) is 4.90 Å². The van der Waals surface area contributed by atoms with Gasteiger partial charge in [0.2, 0.25) is 10.0 Å². The van der Waals surface area contributed by atoms with Crippen LogP contribution in [0.5, 0.6) is 0 Å². The van der Waals surface area contributed by atoms with Gasteiger partial charge in [0.05, 0.1) is 5.69 Å². The third-order valence-electron chi connectivity index (χ3n) is 3.25. The Morgan fingerprint density at radius 1 is 1.53 bits per heavy atom. The highest BCUT2D eigenvalue weighted by Gasteiger charge is 2.25. The molecule has 7 nitrogen and oxygen atoms in total. The minimum atomic E-state index is -3.66. The van der Waals surface area contributed by atoms with E-state index >= 15 is 0 Å². The first kappa shape index (κ1) is 15.9. The molecule has 1 rings (SSSR count). The lowest BCUT2D eigenvalue weighted by Crippen LogP contribution is -2.30. The van der Waals surface area contributed by atoms with Crippen LogP contribution in [0, 0.1) is 12.8 Å². The van der Waals surface area contributed by atoms with Crippen molar-refractivity contribution in [1.29, 1.82) is 0 Å². The van der Waals surface area contributed by atoms with Crippen LogP contribution < -0.4 is 10.5 Å². The maximum absolute atomic E-state index is 12.2. The summed E-state index contributed by atoms with van der Waals surface area (Å²) in [4.78, 5) is 0.0360. The predicted molar refractivity (Wildman–Crippen MR) is 73.0 cm³/mol. The van der Waals surface area contributed by atoms with Gasteiger partial charge in [-0.3, -0.25) is 4.68 Å². The molecule has 0 saturated carbocycles. The van der Waals surface area contributed by atoms with E-state index in [9.17, 15) is 8.42 Å². The van der Waals surface area contributed by atoms with Gasteiger partial charge in [-0.05, 0) is 19.3 Å². The molecule has 0 saturated heterocycles. The summed E-state index contributed by atoms with van der Waals surface area (Å²) in [6.45, 7) is 3.95. The van der Waals surface area contributed by atoms with Gasteiger partial charge in [0.15, 0.2) is 5.82 Å². The van der Waals surface area contributed by atoms with Crippen LogP contribution in [0.25, 0.3) is 0 Å². The van der Waals surface area contributed by atoms with E-state index < -0.39 is 10.0 Å². The molecule has 0 aliphatic heterocycles. The zero-order valence-electron chi connectivity index (χ0n) is 11.5. The fourth-order valence-electron chi connectivity index (χ4n) is 1.88. The summed E-state index contributed by atoms with van der Waals surface area (Å²) in [6.07, 6.45) is 1.37. The summed E-state index contributed by atoms with van der Waals surface area (Å²) in [5, 5.41) is 12.8. The molecule has 0 aliphatic rings. The van der Waals surface area contributed by atoms with E-state index in [0.29, 0.717) is 12.1 Å². The quantitative estimate of drug-likeness (QED) is 0.654. The van der Waals surface area contributed by atoms with E-state index in [0.717, 1.165) is 6.42 Å². The third-order valence-corrected chi connectivity index (χ3v) is 4.84. The van der Waals surface area contributed by atoms with E-state index in [1.165, 1.54) is 4.68 Å². The summed E-state index contributed by atoms with van der Waals surface area (Å²) in [7, 11) is -2.02. The number of nitrogen functional groups attached to an aromatic ring is 1. The second-order valence-electron chi connectivity index (χ2n) is 4.56. The normalized spacial score (nSPS) is 13.7. The number of aryl methyl sites for hydroxylation is 1. The summed E-state index contributed by atoms with van der Waals surface area (Å²) in [5.74, 6) is 0.112. The molecule has 19 heavy (non-hydrogen) atoms. The average Bonchev–Trinajstić information content (AvgIpc) is 2.59. The standard InChI is InChI=1S/C11H22N4O3S/c1-4-9(5-6-16)7-13-19(17,18)10-8(2)15(3)14-11(10)12/h9,13,16H,4-7H2,1-3H3,(H2,12,14). The smallest absolute Gasteiger partial charge is 0.246 e. The molecule has 4 N–H and O–H groups in total. The molecule has 1 unspecified atom stereocenters. The molecule has 0 spiro atoms. The Morgan fingerprint density at radius 3 is 2.58 bits per heavy atom. The van der Waals surface area contributed by atoms with Gasteiger partial charge in [0.25, 0.3) is 0 Å². The van der Waals surface area contributed by atoms with Crippen molar-refractivity contribution in [3.63, 3.8) is 0 Å². The number of aliphatic hydroxyl groups is 1. The summed E-state index contributed by atoms with van der Waals surface area (Å²) in [5.41, 5.74) is 6.13. The Balaban J connectivity index is 2.87. The monoisotopic (exact) mass is 290 g/mol. The van der Waals surface area contributed by atoms with Gasteiger partial charge in [0.1, 0.15) is 4.90 Å². The Morgan fingerprint density at radius 2 is 2.16 bits per heavy atom. The van der Waals surface area contributed by atoms with Crippen molar-refractivity contribution in [2.75, 3.05) is 18.9 Å². The molecule has 0 amide bonds. The van der Waals surface area contributed by atoms with Crippen molar-refractivity contribution < 1.29 is 13.5 Å². The molecule has 1 aromatic rings. The number of nitrogens with one attached hydrogen (secondary N) is 1. The fourth-order valence-corrected chi connectivity index (χ4v) is 3.32. The molecule has 1 atom stereocenters. The molecule has 1 aromatic heterocycles. The average molecular weight is 290 g/mol. The van der Waals surface area contributed by atoms with Crippen LogP contribution in [0.1, 0.15) is 25.5 Å². The zero-order valence-corrected chi connectivity index (χ0v) is 12.4. The number of sulfonamides is 1.